The lowest BCUT2D eigenvalue weighted by atomic mass is 9.94. The minimum Gasteiger partial charge on any atom is -0.298 e. The maximum Gasteiger partial charge on any atom is 0.150 e. The van der Waals surface area contributed by atoms with Gasteiger partial charge < -0.3 is 0 Å². The number of fused-ring (bicyclic) bond motifs is 1. The Morgan fingerprint density at radius 1 is 0.792 bits per heavy atom. The van der Waals surface area contributed by atoms with E-state index in [1.54, 1.807) is 0 Å². The van der Waals surface area contributed by atoms with Gasteiger partial charge in [-0.2, -0.15) is 0 Å². The fourth-order valence-electron chi connectivity index (χ4n) is 3.28. The minimum absolute atomic E-state index is 0.752. The Balaban J connectivity index is 1.87. The number of aldehydes is 1. The van der Waals surface area contributed by atoms with Gasteiger partial charge in [-0.15, -0.1) is 0 Å². The third-order valence-electron chi connectivity index (χ3n) is 4.67. The highest BCUT2D eigenvalue weighted by molar-refractivity contribution is 6.05. The first-order valence-electron chi connectivity index (χ1n) is 8.89. The monoisotopic (exact) mass is 316 g/mol. The van der Waals surface area contributed by atoms with Gasteiger partial charge in [0.05, 0.1) is 0 Å². The molecule has 0 aliphatic heterocycles. The van der Waals surface area contributed by atoms with Crippen LogP contribution in [0.25, 0.3) is 21.9 Å². The molecule has 0 aliphatic rings. The Hall–Kier alpha value is -2.41. The second-order valence-electron chi connectivity index (χ2n) is 6.37. The van der Waals surface area contributed by atoms with Crippen LogP contribution in [-0.4, -0.2) is 6.29 Å². The molecule has 0 atom stereocenters. The Morgan fingerprint density at radius 2 is 1.54 bits per heavy atom. The summed E-state index contributed by atoms with van der Waals surface area (Å²) in [5.41, 5.74) is 4.56. The predicted octanol–water partition coefficient (Wildman–Crippen LogP) is 6.44. The smallest absolute Gasteiger partial charge is 0.150 e. The van der Waals surface area contributed by atoms with Crippen molar-refractivity contribution < 1.29 is 4.79 Å². The minimum atomic E-state index is 0.752. The van der Waals surface area contributed by atoms with Gasteiger partial charge in [-0.3, -0.25) is 4.79 Å². The van der Waals surface area contributed by atoms with E-state index in [9.17, 15) is 4.79 Å². The second kappa shape index (κ2) is 7.92. The van der Waals surface area contributed by atoms with Gasteiger partial charge in [0, 0.05) is 5.56 Å². The average Bonchev–Trinajstić information content (AvgIpc) is 2.65. The number of benzene rings is 3. The first-order chi connectivity index (χ1) is 11.8. The van der Waals surface area contributed by atoms with Gasteiger partial charge in [0.15, 0.2) is 6.29 Å². The van der Waals surface area contributed by atoms with Crippen molar-refractivity contribution in [1.29, 1.82) is 0 Å². The van der Waals surface area contributed by atoms with Crippen LogP contribution in [0.2, 0.25) is 0 Å². The molecular formula is C23H24O. The van der Waals surface area contributed by atoms with Crippen LogP contribution in [0, 0.1) is 0 Å². The van der Waals surface area contributed by atoms with Crippen LogP contribution in [0.5, 0.6) is 0 Å². The number of aryl methyl sites for hydroxylation is 1. The maximum absolute atomic E-state index is 11.3. The lowest BCUT2D eigenvalue weighted by molar-refractivity contribution is 0.112. The highest BCUT2D eigenvalue weighted by atomic mass is 16.1. The van der Waals surface area contributed by atoms with Crippen LogP contribution < -0.4 is 0 Å². The molecule has 1 heteroatoms. The highest BCUT2D eigenvalue weighted by Gasteiger charge is 2.07. The van der Waals surface area contributed by atoms with Crippen LogP contribution in [0.15, 0.2) is 60.7 Å². The van der Waals surface area contributed by atoms with E-state index >= 15 is 0 Å². The Bertz CT molecular complexity index is 815. The lowest BCUT2D eigenvalue weighted by Crippen LogP contribution is -1.89. The van der Waals surface area contributed by atoms with E-state index in [-0.39, 0.29) is 0 Å². The molecule has 0 saturated carbocycles. The molecule has 0 aliphatic carbocycles. The average molecular weight is 316 g/mol. The zero-order chi connectivity index (χ0) is 16.8. The molecule has 0 saturated heterocycles. The van der Waals surface area contributed by atoms with Crippen molar-refractivity contribution in [3.63, 3.8) is 0 Å². The van der Waals surface area contributed by atoms with Gasteiger partial charge in [-0.25, -0.2) is 0 Å². The van der Waals surface area contributed by atoms with Crippen molar-refractivity contribution in [2.24, 2.45) is 0 Å². The number of carbonyl (C=O) groups is 1. The fraction of sp³-hybridized carbons (Fsp3) is 0.261. The van der Waals surface area contributed by atoms with Crippen molar-refractivity contribution >= 4 is 17.1 Å². The standard InChI is InChI=1S/C23H24O/c1-2-3-4-5-8-18-11-13-19(14-12-18)22-16-15-20(17-24)21-9-6-7-10-23(21)22/h6-7,9-17H,2-5,8H2,1H3. The molecule has 0 bridgehead atoms. The van der Waals surface area contributed by atoms with Gasteiger partial charge in [-0.05, 0) is 40.3 Å². The molecule has 3 rings (SSSR count). The molecule has 24 heavy (non-hydrogen) atoms. The summed E-state index contributed by atoms with van der Waals surface area (Å²) in [4.78, 5) is 11.3. The third kappa shape index (κ3) is 3.56. The Kier molecular flexibility index (Phi) is 5.43. The van der Waals surface area contributed by atoms with E-state index in [1.165, 1.54) is 42.4 Å². The number of unbranched alkanes of at least 4 members (excludes halogenated alkanes) is 3. The zero-order valence-corrected chi connectivity index (χ0v) is 14.3. The summed E-state index contributed by atoms with van der Waals surface area (Å²) in [6, 6.07) is 21.0. The predicted molar refractivity (Wildman–Crippen MR) is 103 cm³/mol. The van der Waals surface area contributed by atoms with Gasteiger partial charge in [0.2, 0.25) is 0 Å². The molecule has 0 fully saturated rings. The molecule has 3 aromatic carbocycles. The topological polar surface area (TPSA) is 17.1 Å². The van der Waals surface area contributed by atoms with Crippen LogP contribution in [0.3, 0.4) is 0 Å². The Morgan fingerprint density at radius 3 is 2.25 bits per heavy atom. The van der Waals surface area contributed by atoms with Gasteiger partial charge in [-0.1, -0.05) is 86.8 Å². The fourth-order valence-corrected chi connectivity index (χ4v) is 3.28. The third-order valence-corrected chi connectivity index (χ3v) is 4.67. The normalized spacial score (nSPS) is 10.9. The summed E-state index contributed by atoms with van der Waals surface area (Å²) in [6.07, 6.45) is 7.28. The molecule has 0 spiro atoms. The SMILES string of the molecule is CCCCCCc1ccc(-c2ccc(C=O)c3ccccc23)cc1. The number of hydrogen-bond acceptors (Lipinski definition) is 1. The van der Waals surface area contributed by atoms with Crippen molar-refractivity contribution in [1.82, 2.24) is 0 Å². The summed E-state index contributed by atoms with van der Waals surface area (Å²) in [6.45, 7) is 2.25. The summed E-state index contributed by atoms with van der Waals surface area (Å²) < 4.78 is 0. The molecule has 0 N–H and O–H groups in total. The molecular weight excluding hydrogens is 292 g/mol. The molecule has 122 valence electrons. The van der Waals surface area contributed by atoms with Crippen molar-refractivity contribution in [3.8, 4) is 11.1 Å². The maximum atomic E-state index is 11.3. The summed E-state index contributed by atoms with van der Waals surface area (Å²) in [7, 11) is 0. The van der Waals surface area contributed by atoms with Crippen LogP contribution in [0.4, 0.5) is 0 Å². The zero-order valence-electron chi connectivity index (χ0n) is 14.3. The van der Waals surface area contributed by atoms with E-state index in [1.807, 2.05) is 24.3 Å². The number of hydrogen-bond donors (Lipinski definition) is 0. The highest BCUT2D eigenvalue weighted by Crippen LogP contribution is 2.30. The van der Waals surface area contributed by atoms with Gasteiger partial charge in [0.1, 0.15) is 0 Å². The van der Waals surface area contributed by atoms with Crippen molar-refractivity contribution in [2.75, 3.05) is 0 Å². The van der Waals surface area contributed by atoms with Crippen LogP contribution in [-0.2, 0) is 6.42 Å². The van der Waals surface area contributed by atoms with E-state index < -0.39 is 0 Å². The summed E-state index contributed by atoms with van der Waals surface area (Å²) >= 11 is 0. The van der Waals surface area contributed by atoms with Crippen molar-refractivity contribution in [2.45, 2.75) is 39.0 Å². The van der Waals surface area contributed by atoms with E-state index in [2.05, 4.69) is 43.3 Å². The van der Waals surface area contributed by atoms with Crippen LogP contribution in [0.1, 0.15) is 48.5 Å². The van der Waals surface area contributed by atoms with E-state index in [4.69, 9.17) is 0 Å². The lowest BCUT2D eigenvalue weighted by Gasteiger charge is -2.10. The number of rotatable bonds is 7. The molecule has 1 nitrogen and oxygen atoms in total. The Labute approximate surface area is 144 Å². The molecule has 0 aromatic heterocycles. The van der Waals surface area contributed by atoms with E-state index in [0.717, 1.165) is 29.0 Å². The van der Waals surface area contributed by atoms with Gasteiger partial charge >= 0.3 is 0 Å². The largest absolute Gasteiger partial charge is 0.298 e. The second-order valence-corrected chi connectivity index (χ2v) is 6.37. The first kappa shape index (κ1) is 16.4. The molecule has 0 heterocycles. The molecule has 0 amide bonds. The summed E-state index contributed by atoms with van der Waals surface area (Å²) in [5.74, 6) is 0. The molecule has 0 unspecified atom stereocenters. The quantitative estimate of drug-likeness (QED) is 0.362. The molecule has 0 radical (unpaired) electrons. The first-order valence-corrected chi connectivity index (χ1v) is 8.89. The number of carbonyl (C=O) groups excluding carboxylic acids is 1. The molecule has 3 aromatic rings. The van der Waals surface area contributed by atoms with E-state index in [0.29, 0.717) is 0 Å². The van der Waals surface area contributed by atoms with Crippen LogP contribution >= 0.6 is 0 Å². The van der Waals surface area contributed by atoms with Gasteiger partial charge in [0.25, 0.3) is 0 Å². The summed E-state index contributed by atoms with van der Waals surface area (Å²) in [5, 5.41) is 2.16. The van der Waals surface area contributed by atoms with Crippen molar-refractivity contribution in [3.05, 3.63) is 71.8 Å².